The molecule has 1 aliphatic rings. The van der Waals surface area contributed by atoms with Crippen LogP contribution in [0.15, 0.2) is 12.1 Å². The summed E-state index contributed by atoms with van der Waals surface area (Å²) in [5.41, 5.74) is 6.20. The number of hydrogen-bond donors (Lipinski definition) is 2. The molecular weight excluding hydrogens is 301 g/mol. The lowest BCUT2D eigenvalue weighted by atomic mass is 9.86. The van der Waals surface area contributed by atoms with Crippen LogP contribution in [0.3, 0.4) is 0 Å². The lowest BCUT2D eigenvalue weighted by molar-refractivity contribution is -0.274. The molecule has 1 aromatic rings. The number of hydrogen-bond acceptors (Lipinski definition) is 4. The van der Waals surface area contributed by atoms with Crippen molar-refractivity contribution in [2.75, 3.05) is 12.3 Å². The molecular formula is C14H15F3N2O3. The van der Waals surface area contributed by atoms with E-state index in [9.17, 15) is 22.8 Å². The topological polar surface area (TPSA) is 81.4 Å². The molecule has 1 fully saturated rings. The lowest BCUT2D eigenvalue weighted by Crippen LogP contribution is -2.34. The van der Waals surface area contributed by atoms with E-state index in [0.29, 0.717) is 12.0 Å². The second kappa shape index (κ2) is 5.86. The van der Waals surface area contributed by atoms with Crippen LogP contribution in [0, 0.1) is 0 Å². The number of benzene rings is 1. The lowest BCUT2D eigenvalue weighted by Gasteiger charge is -2.25. The van der Waals surface area contributed by atoms with Crippen molar-refractivity contribution in [2.24, 2.45) is 0 Å². The summed E-state index contributed by atoms with van der Waals surface area (Å²) in [5.74, 6) is -1.23. The quantitative estimate of drug-likeness (QED) is 0.662. The van der Waals surface area contributed by atoms with Crippen molar-refractivity contribution in [3.63, 3.8) is 0 Å². The number of ether oxygens (including phenoxy) is 1. The molecule has 1 saturated heterocycles. The smallest absolute Gasteiger partial charge is 0.406 e. The molecule has 1 amide bonds. The van der Waals surface area contributed by atoms with Crippen molar-refractivity contribution in [3.8, 4) is 5.75 Å². The zero-order valence-electron chi connectivity index (χ0n) is 11.8. The summed E-state index contributed by atoms with van der Waals surface area (Å²) in [6, 6.07) is 2.15. The predicted octanol–water partition coefficient (Wildman–Crippen LogP) is 2.36. The number of amides is 1. The largest absolute Gasteiger partial charge is 0.573 e. The van der Waals surface area contributed by atoms with Gasteiger partial charge in [0.25, 0.3) is 0 Å². The van der Waals surface area contributed by atoms with Gasteiger partial charge in [0.2, 0.25) is 5.91 Å². The van der Waals surface area contributed by atoms with Gasteiger partial charge in [-0.25, -0.2) is 0 Å². The predicted molar refractivity (Wildman–Crippen MR) is 72.5 cm³/mol. The number of carbonyl (C=O) groups excluding carboxylic acids is 2. The molecule has 1 aliphatic heterocycles. The first-order valence-electron chi connectivity index (χ1n) is 6.64. The summed E-state index contributed by atoms with van der Waals surface area (Å²) in [5, 5.41) is 2.63. The maximum atomic E-state index is 12.4. The van der Waals surface area contributed by atoms with Crippen LogP contribution in [-0.4, -0.2) is 24.6 Å². The number of nitrogens with two attached hydrogens (primary N) is 1. The van der Waals surface area contributed by atoms with Crippen LogP contribution in [-0.2, 0) is 4.79 Å². The minimum Gasteiger partial charge on any atom is -0.406 e. The number of nitrogens with one attached hydrogen (secondary N) is 1. The van der Waals surface area contributed by atoms with Gasteiger partial charge in [-0.15, -0.1) is 13.2 Å². The molecule has 0 aromatic heterocycles. The normalized spacial score (nSPS) is 18.7. The molecule has 120 valence electrons. The molecule has 0 aliphatic carbocycles. The maximum Gasteiger partial charge on any atom is 0.573 e. The summed E-state index contributed by atoms with van der Waals surface area (Å²) >= 11 is 0. The van der Waals surface area contributed by atoms with Crippen LogP contribution in [0.4, 0.5) is 18.9 Å². The summed E-state index contributed by atoms with van der Waals surface area (Å²) in [6.45, 7) is 1.54. The Morgan fingerprint density at radius 1 is 1.41 bits per heavy atom. The fourth-order valence-electron chi connectivity index (χ4n) is 2.58. The van der Waals surface area contributed by atoms with E-state index in [1.165, 1.54) is 13.0 Å². The molecule has 5 nitrogen and oxygen atoms in total. The Balaban J connectivity index is 2.43. The van der Waals surface area contributed by atoms with E-state index in [0.717, 1.165) is 6.07 Å². The zero-order chi connectivity index (χ0) is 16.5. The molecule has 3 N–H and O–H groups in total. The molecule has 1 atom stereocenters. The fraction of sp³-hybridized carbons (Fsp3) is 0.429. The number of anilines is 1. The van der Waals surface area contributed by atoms with Gasteiger partial charge in [0.05, 0.1) is 0 Å². The number of carbonyl (C=O) groups is 2. The van der Waals surface area contributed by atoms with Crippen molar-refractivity contribution in [1.82, 2.24) is 5.32 Å². The molecule has 1 heterocycles. The molecule has 1 aromatic carbocycles. The summed E-state index contributed by atoms with van der Waals surface area (Å²) in [6.07, 6.45) is -4.17. The van der Waals surface area contributed by atoms with Gasteiger partial charge in [0, 0.05) is 36.2 Å². The number of halogens is 3. The molecule has 0 spiro atoms. The van der Waals surface area contributed by atoms with Crippen LogP contribution in [0.2, 0.25) is 0 Å². The number of ketones is 1. The molecule has 0 bridgehead atoms. The van der Waals surface area contributed by atoms with E-state index in [1.54, 1.807) is 0 Å². The summed E-state index contributed by atoms with van der Waals surface area (Å²) in [4.78, 5) is 23.0. The Morgan fingerprint density at radius 3 is 2.59 bits per heavy atom. The van der Waals surface area contributed by atoms with Gasteiger partial charge in [0.1, 0.15) is 5.75 Å². The van der Waals surface area contributed by atoms with Gasteiger partial charge in [-0.3, -0.25) is 9.59 Å². The SMILES string of the molecule is CC(=O)c1c(N)cc(OC(F)(F)F)cc1C1CCC(=O)NC1. The fourth-order valence-corrected chi connectivity index (χ4v) is 2.58. The number of piperidine rings is 1. The minimum atomic E-state index is -4.85. The summed E-state index contributed by atoms with van der Waals surface area (Å²) in [7, 11) is 0. The van der Waals surface area contributed by atoms with Crippen LogP contribution >= 0.6 is 0 Å². The van der Waals surface area contributed by atoms with E-state index < -0.39 is 12.1 Å². The molecule has 2 rings (SSSR count). The van der Waals surface area contributed by atoms with Crippen molar-refractivity contribution in [1.29, 1.82) is 0 Å². The highest BCUT2D eigenvalue weighted by atomic mass is 19.4. The third-order valence-electron chi connectivity index (χ3n) is 3.46. The highest BCUT2D eigenvalue weighted by Crippen LogP contribution is 2.35. The average molecular weight is 316 g/mol. The molecule has 22 heavy (non-hydrogen) atoms. The van der Waals surface area contributed by atoms with Gasteiger partial charge in [-0.1, -0.05) is 0 Å². The van der Waals surface area contributed by atoms with E-state index >= 15 is 0 Å². The van der Waals surface area contributed by atoms with Crippen molar-refractivity contribution in [2.45, 2.75) is 32.0 Å². The van der Waals surface area contributed by atoms with Crippen molar-refractivity contribution in [3.05, 3.63) is 23.3 Å². The maximum absolute atomic E-state index is 12.4. The molecule has 0 saturated carbocycles. The zero-order valence-corrected chi connectivity index (χ0v) is 11.8. The third kappa shape index (κ3) is 3.69. The molecule has 1 unspecified atom stereocenters. The second-order valence-corrected chi connectivity index (χ2v) is 5.12. The van der Waals surface area contributed by atoms with Crippen LogP contribution < -0.4 is 15.8 Å². The van der Waals surface area contributed by atoms with Crippen LogP contribution in [0.1, 0.15) is 41.6 Å². The van der Waals surface area contributed by atoms with Crippen LogP contribution in [0.5, 0.6) is 5.75 Å². The summed E-state index contributed by atoms with van der Waals surface area (Å²) < 4.78 is 41.0. The van der Waals surface area contributed by atoms with Gasteiger partial charge in [-0.2, -0.15) is 0 Å². The monoisotopic (exact) mass is 316 g/mol. The number of alkyl halides is 3. The Morgan fingerprint density at radius 2 is 2.09 bits per heavy atom. The van der Waals surface area contributed by atoms with Gasteiger partial charge in [0.15, 0.2) is 5.78 Å². The van der Waals surface area contributed by atoms with E-state index in [1.807, 2.05) is 0 Å². The Kier molecular flexibility index (Phi) is 4.30. The molecule has 0 radical (unpaired) electrons. The van der Waals surface area contributed by atoms with Gasteiger partial charge in [-0.05, 0) is 25.0 Å². The minimum absolute atomic E-state index is 0.0684. The van der Waals surface area contributed by atoms with Gasteiger partial charge < -0.3 is 15.8 Å². The average Bonchev–Trinajstić information content (AvgIpc) is 2.36. The first-order valence-corrected chi connectivity index (χ1v) is 6.64. The van der Waals surface area contributed by atoms with Gasteiger partial charge >= 0.3 is 6.36 Å². The first kappa shape index (κ1) is 16.1. The van der Waals surface area contributed by atoms with E-state index in [4.69, 9.17) is 5.73 Å². The second-order valence-electron chi connectivity index (χ2n) is 5.12. The first-order chi connectivity index (χ1) is 10.2. The Bertz CT molecular complexity index is 604. The third-order valence-corrected chi connectivity index (χ3v) is 3.46. The van der Waals surface area contributed by atoms with Crippen molar-refractivity contribution >= 4 is 17.4 Å². The number of Topliss-reactive ketones (excluding diaryl/α,β-unsaturated/α-hetero) is 1. The number of rotatable bonds is 3. The highest BCUT2D eigenvalue weighted by Gasteiger charge is 2.33. The van der Waals surface area contributed by atoms with Crippen LogP contribution in [0.25, 0.3) is 0 Å². The standard InChI is InChI=1S/C14H15F3N2O3/c1-7(20)13-10(8-2-3-12(21)19-6-8)4-9(5-11(13)18)22-14(15,16)17/h4-5,8H,2-3,6,18H2,1H3,(H,19,21). The van der Waals surface area contributed by atoms with E-state index in [2.05, 4.69) is 10.1 Å². The van der Waals surface area contributed by atoms with E-state index in [-0.39, 0.29) is 41.8 Å². The van der Waals surface area contributed by atoms with Crippen molar-refractivity contribution < 1.29 is 27.5 Å². The Labute approximate surface area is 124 Å². The molecule has 8 heteroatoms. The highest BCUT2D eigenvalue weighted by molar-refractivity contribution is 6.01. The number of nitrogen functional groups attached to an aromatic ring is 1. The Hall–Kier alpha value is -2.25.